The number of sulfonamides is 1. The number of Topliss-reactive ketones (excluding diaryl/α,β-unsaturated/α-hetero) is 1. The first kappa shape index (κ1) is 21.5. The minimum Gasteiger partial charge on any atom is -0.467 e. The third-order valence-electron chi connectivity index (χ3n) is 6.31. The lowest BCUT2D eigenvalue weighted by Gasteiger charge is -2.33. The molecule has 7 heteroatoms. The molecule has 0 radical (unpaired) electrons. The molecule has 1 N–H and O–H groups in total. The lowest BCUT2D eigenvalue weighted by atomic mass is 9.89. The van der Waals surface area contributed by atoms with E-state index < -0.39 is 16.1 Å². The third kappa shape index (κ3) is 3.66. The molecule has 2 heterocycles. The number of fused-ring (bicyclic) bond motifs is 1. The summed E-state index contributed by atoms with van der Waals surface area (Å²) in [6, 6.07) is 16.8. The molecule has 1 atom stereocenters. The molecule has 1 aliphatic carbocycles. The van der Waals surface area contributed by atoms with Crippen LogP contribution < -0.4 is 9.62 Å². The highest BCUT2D eigenvalue weighted by molar-refractivity contribution is 7.92. The SMILES string of the molecule is CC(C)c1ccc(S(=O)(=O)N2c3ccccc3NC3=C(C(=O)CCC3)C2c2ccco2)cc1. The van der Waals surface area contributed by atoms with Gasteiger partial charge in [0, 0.05) is 17.7 Å². The quantitative estimate of drug-likeness (QED) is 0.532. The zero-order chi connectivity index (χ0) is 23.2. The van der Waals surface area contributed by atoms with Crippen LogP contribution in [0.15, 0.2) is 87.5 Å². The van der Waals surface area contributed by atoms with Crippen LogP contribution in [0.5, 0.6) is 0 Å². The fourth-order valence-corrected chi connectivity index (χ4v) is 6.22. The molecule has 0 bridgehead atoms. The number of carbonyl (C=O) groups excluding carboxylic acids is 1. The third-order valence-corrected chi connectivity index (χ3v) is 8.10. The van der Waals surface area contributed by atoms with Crippen LogP contribution in [0.1, 0.15) is 56.4 Å². The summed E-state index contributed by atoms with van der Waals surface area (Å²) in [6.45, 7) is 4.13. The van der Waals surface area contributed by atoms with E-state index in [1.54, 1.807) is 36.4 Å². The molecule has 2 aliphatic rings. The van der Waals surface area contributed by atoms with Gasteiger partial charge < -0.3 is 9.73 Å². The number of carbonyl (C=O) groups is 1. The molecule has 2 aromatic carbocycles. The Morgan fingerprint density at radius 2 is 1.76 bits per heavy atom. The molecule has 0 saturated heterocycles. The highest BCUT2D eigenvalue weighted by atomic mass is 32.2. The van der Waals surface area contributed by atoms with Crippen LogP contribution in [-0.2, 0) is 14.8 Å². The number of nitrogens with one attached hydrogen (secondary N) is 1. The van der Waals surface area contributed by atoms with Gasteiger partial charge >= 0.3 is 0 Å². The van der Waals surface area contributed by atoms with Crippen LogP contribution in [0.2, 0.25) is 0 Å². The average molecular weight is 463 g/mol. The first-order chi connectivity index (χ1) is 15.9. The van der Waals surface area contributed by atoms with Gasteiger partial charge in [-0.15, -0.1) is 0 Å². The van der Waals surface area contributed by atoms with Crippen molar-refractivity contribution in [3.05, 3.63) is 89.5 Å². The molecule has 1 unspecified atom stereocenters. The van der Waals surface area contributed by atoms with E-state index in [4.69, 9.17) is 4.42 Å². The fourth-order valence-electron chi connectivity index (χ4n) is 4.61. The monoisotopic (exact) mass is 462 g/mol. The first-order valence-corrected chi connectivity index (χ1v) is 12.6. The Morgan fingerprint density at radius 1 is 1.00 bits per heavy atom. The van der Waals surface area contributed by atoms with Gasteiger partial charge in [-0.05, 0) is 60.7 Å². The summed E-state index contributed by atoms with van der Waals surface area (Å²) in [5, 5.41) is 3.37. The molecule has 0 amide bonds. The van der Waals surface area contributed by atoms with Crippen LogP contribution in [0.25, 0.3) is 0 Å². The van der Waals surface area contributed by atoms with Crippen molar-refractivity contribution in [3.8, 4) is 0 Å². The van der Waals surface area contributed by atoms with Gasteiger partial charge in [-0.2, -0.15) is 0 Å². The van der Waals surface area contributed by atoms with Crippen LogP contribution in [0.3, 0.4) is 0 Å². The molecule has 1 aliphatic heterocycles. The number of benzene rings is 2. The number of hydrogen-bond donors (Lipinski definition) is 1. The van der Waals surface area contributed by atoms with Crippen molar-refractivity contribution in [3.63, 3.8) is 0 Å². The number of allylic oxidation sites excluding steroid dienone is 1. The van der Waals surface area contributed by atoms with Crippen molar-refractivity contribution in [1.82, 2.24) is 0 Å². The predicted molar refractivity (Wildman–Crippen MR) is 128 cm³/mol. The molecule has 5 rings (SSSR count). The second kappa shape index (κ2) is 8.23. The van der Waals surface area contributed by atoms with E-state index in [2.05, 4.69) is 19.2 Å². The lowest BCUT2D eigenvalue weighted by molar-refractivity contribution is -0.116. The van der Waals surface area contributed by atoms with Crippen molar-refractivity contribution in [1.29, 1.82) is 0 Å². The summed E-state index contributed by atoms with van der Waals surface area (Å²) in [7, 11) is -4.04. The van der Waals surface area contributed by atoms with Crippen LogP contribution in [0, 0.1) is 0 Å². The van der Waals surface area contributed by atoms with Crippen molar-refractivity contribution < 1.29 is 17.6 Å². The number of rotatable bonds is 4. The molecule has 1 aromatic heterocycles. The summed E-state index contributed by atoms with van der Waals surface area (Å²) < 4.78 is 35.5. The molecule has 0 spiro atoms. The van der Waals surface area contributed by atoms with Crippen LogP contribution >= 0.6 is 0 Å². The molecule has 3 aromatic rings. The van der Waals surface area contributed by atoms with E-state index >= 15 is 0 Å². The molecule has 170 valence electrons. The Balaban J connectivity index is 1.77. The van der Waals surface area contributed by atoms with Crippen molar-refractivity contribution in [2.45, 2.75) is 50.0 Å². The number of ketones is 1. The summed E-state index contributed by atoms with van der Waals surface area (Å²) in [5.74, 6) is 0.639. The van der Waals surface area contributed by atoms with Gasteiger partial charge in [0.15, 0.2) is 5.78 Å². The molecule has 0 saturated carbocycles. The minimum atomic E-state index is -4.04. The van der Waals surface area contributed by atoms with Gasteiger partial charge in [-0.3, -0.25) is 4.79 Å². The van der Waals surface area contributed by atoms with E-state index in [1.807, 2.05) is 24.3 Å². The zero-order valence-electron chi connectivity index (χ0n) is 18.6. The van der Waals surface area contributed by atoms with Crippen LogP contribution in [0.4, 0.5) is 11.4 Å². The number of furan rings is 1. The maximum absolute atomic E-state index is 14.2. The van der Waals surface area contributed by atoms with E-state index in [1.165, 1.54) is 10.6 Å². The smallest absolute Gasteiger partial charge is 0.265 e. The van der Waals surface area contributed by atoms with Crippen molar-refractivity contribution >= 4 is 27.2 Å². The van der Waals surface area contributed by atoms with Gasteiger partial charge in [-0.25, -0.2) is 12.7 Å². The Labute approximate surface area is 194 Å². The lowest BCUT2D eigenvalue weighted by Crippen LogP contribution is -2.37. The molecule has 33 heavy (non-hydrogen) atoms. The molecular weight excluding hydrogens is 436 g/mol. The summed E-state index contributed by atoms with van der Waals surface area (Å²) in [5.41, 5.74) is 3.40. The van der Waals surface area contributed by atoms with Gasteiger partial charge in [0.1, 0.15) is 11.8 Å². The van der Waals surface area contributed by atoms with Gasteiger partial charge in [0.2, 0.25) is 0 Å². The highest BCUT2D eigenvalue weighted by Gasteiger charge is 2.43. The van der Waals surface area contributed by atoms with E-state index in [0.717, 1.165) is 17.7 Å². The number of anilines is 2. The minimum absolute atomic E-state index is 0.0617. The second-order valence-corrected chi connectivity index (χ2v) is 10.6. The van der Waals surface area contributed by atoms with Crippen LogP contribution in [-0.4, -0.2) is 14.2 Å². The predicted octanol–water partition coefficient (Wildman–Crippen LogP) is 5.77. The Morgan fingerprint density at radius 3 is 2.45 bits per heavy atom. The maximum Gasteiger partial charge on any atom is 0.265 e. The fraction of sp³-hybridized carbons (Fsp3) is 0.269. The maximum atomic E-state index is 14.2. The number of para-hydroxylation sites is 2. The molecule has 6 nitrogen and oxygen atoms in total. The number of hydrogen-bond acceptors (Lipinski definition) is 5. The molecule has 0 fully saturated rings. The average Bonchev–Trinajstić information content (AvgIpc) is 3.28. The second-order valence-electron chi connectivity index (χ2n) is 8.75. The number of nitrogens with zero attached hydrogens (tertiary/aromatic N) is 1. The highest BCUT2D eigenvalue weighted by Crippen LogP contribution is 2.47. The topological polar surface area (TPSA) is 79.6 Å². The van der Waals surface area contributed by atoms with E-state index in [-0.39, 0.29) is 16.6 Å². The first-order valence-electron chi connectivity index (χ1n) is 11.2. The summed E-state index contributed by atoms with van der Waals surface area (Å²) >= 11 is 0. The van der Waals surface area contributed by atoms with Crippen molar-refractivity contribution in [2.75, 3.05) is 9.62 Å². The molecular formula is C26H26N2O4S. The van der Waals surface area contributed by atoms with Gasteiger partial charge in [-0.1, -0.05) is 38.1 Å². The Bertz CT molecular complexity index is 1320. The van der Waals surface area contributed by atoms with Gasteiger partial charge in [0.05, 0.1) is 22.5 Å². The van der Waals surface area contributed by atoms with E-state index in [0.29, 0.717) is 35.5 Å². The van der Waals surface area contributed by atoms with Gasteiger partial charge in [0.25, 0.3) is 10.0 Å². The largest absolute Gasteiger partial charge is 0.467 e. The van der Waals surface area contributed by atoms with E-state index in [9.17, 15) is 13.2 Å². The zero-order valence-corrected chi connectivity index (χ0v) is 19.4. The Hall–Kier alpha value is -3.32. The standard InChI is InChI=1S/C26H26N2O4S/c1-17(2)18-12-14-19(15-13-18)33(30,31)28-22-9-4-3-7-20(22)27-21-8-5-10-23(29)25(21)26(28)24-11-6-16-32-24/h3-4,6-7,9,11-17,26-27H,5,8,10H2,1-2H3. The summed E-state index contributed by atoms with van der Waals surface area (Å²) in [4.78, 5) is 13.4. The summed E-state index contributed by atoms with van der Waals surface area (Å²) in [6.07, 6.45) is 3.28. The Kier molecular flexibility index (Phi) is 5.37. The normalized spacial score (nSPS) is 18.6. The van der Waals surface area contributed by atoms with Crippen molar-refractivity contribution in [2.24, 2.45) is 0 Å².